The molecule has 348 valence electrons. The van der Waals surface area contributed by atoms with Crippen LogP contribution in [0.2, 0.25) is 0 Å². The minimum absolute atomic E-state index is 0.0655. The molecule has 0 aliphatic carbocycles. The number of para-hydroxylation sites is 1. The lowest BCUT2D eigenvalue weighted by atomic mass is 10.00. The third kappa shape index (κ3) is 16.7. The Balaban J connectivity index is 1.68. The lowest BCUT2D eigenvalue weighted by Gasteiger charge is -2.27. The van der Waals surface area contributed by atoms with Crippen molar-refractivity contribution in [3.05, 3.63) is 108 Å². The molecule has 0 fully saturated rings. The number of aliphatic carboxylic acids is 1. The molecule has 4 aromatic rings. The van der Waals surface area contributed by atoms with Crippen LogP contribution in [0.3, 0.4) is 0 Å². The highest BCUT2D eigenvalue weighted by atomic mass is 16.4. The van der Waals surface area contributed by atoms with E-state index in [1.165, 1.54) is 0 Å². The molecule has 1 aromatic heterocycles. The molecule has 3 aromatic carbocycles. The third-order valence-electron chi connectivity index (χ3n) is 10.5. The fourth-order valence-electron chi connectivity index (χ4n) is 7.03. The number of guanidine groups is 1. The van der Waals surface area contributed by atoms with Crippen LogP contribution in [0.5, 0.6) is 0 Å². The topological polar surface area (TPSA) is 358 Å². The first-order valence-corrected chi connectivity index (χ1v) is 21.3. The van der Waals surface area contributed by atoms with E-state index in [2.05, 4.69) is 36.6 Å². The molecule has 0 aliphatic heterocycles. The first-order valence-electron chi connectivity index (χ1n) is 21.3. The number of unbranched alkanes of at least 4 members (excludes halogenated alkanes) is 1. The highest BCUT2D eigenvalue weighted by molar-refractivity contribution is 5.97. The number of carbonyl (C=O) groups is 7. The van der Waals surface area contributed by atoms with Crippen LogP contribution >= 0.6 is 0 Å². The highest BCUT2D eigenvalue weighted by Crippen LogP contribution is 2.20. The number of nitrogens with one attached hydrogen (secondary N) is 6. The number of nitrogens with zero attached hydrogens (tertiary/aromatic N) is 1. The lowest BCUT2D eigenvalue weighted by molar-refractivity contribution is -0.143. The first kappa shape index (κ1) is 50.3. The van der Waals surface area contributed by atoms with E-state index in [-0.39, 0.29) is 44.6 Å². The van der Waals surface area contributed by atoms with E-state index in [0.29, 0.717) is 42.5 Å². The van der Waals surface area contributed by atoms with Gasteiger partial charge in [-0.1, -0.05) is 85.3 Å². The van der Waals surface area contributed by atoms with Gasteiger partial charge in [0.15, 0.2) is 5.96 Å². The zero-order valence-corrected chi connectivity index (χ0v) is 36.0. The van der Waals surface area contributed by atoms with Crippen molar-refractivity contribution < 1.29 is 38.7 Å². The maximum absolute atomic E-state index is 14.6. The molecule has 6 atom stereocenters. The fraction of sp³-hybridized carbons (Fsp3) is 0.378. The normalized spacial score (nSPS) is 13.8. The van der Waals surface area contributed by atoms with Crippen LogP contribution in [0.1, 0.15) is 55.2 Å². The number of carboxylic acid groups (broad SMARTS) is 1. The van der Waals surface area contributed by atoms with Crippen LogP contribution in [0.15, 0.2) is 96.1 Å². The Labute approximate surface area is 376 Å². The second-order valence-corrected chi connectivity index (χ2v) is 15.6. The van der Waals surface area contributed by atoms with Crippen LogP contribution in [0.25, 0.3) is 10.9 Å². The van der Waals surface area contributed by atoms with Gasteiger partial charge in [0, 0.05) is 42.9 Å². The molecule has 65 heavy (non-hydrogen) atoms. The standard InChI is InChI=1S/C45H60N12O8/c46-20-10-9-17-31(47)39(59)53-33(19-11-21-51-45(49)50)40(60)56-36(24-29-26-52-32-18-8-7-16-30(29)32)43(63)55-34(22-27-12-3-1-4-13-27)41(61)54-35(23-28-14-5-2-6-15-28)42(62)57-37(44(64)65)25-38(48)58/h1-8,12-16,18,26,31,33-37,52H,9-11,17,19-25,46-47H2,(H2,48,58)(H,53,59)(H,54,61)(H,55,63)(H,56,60)(H,57,62)(H,64,65)(H4,49,50,51)/t31-,33-,34-,35-,36-,37-/m0/s1. The maximum atomic E-state index is 14.6. The number of primary amides is 1. The van der Waals surface area contributed by atoms with Crippen LogP contribution in [0.4, 0.5) is 0 Å². The predicted molar refractivity (Wildman–Crippen MR) is 244 cm³/mol. The van der Waals surface area contributed by atoms with Crippen molar-refractivity contribution in [2.45, 2.75) is 94.0 Å². The summed E-state index contributed by atoms with van der Waals surface area (Å²) in [5.41, 5.74) is 30.7. The van der Waals surface area contributed by atoms with Crippen LogP contribution in [0, 0.1) is 0 Å². The summed E-state index contributed by atoms with van der Waals surface area (Å²) in [6.07, 6.45) is 2.67. The number of aromatic amines is 1. The zero-order chi connectivity index (χ0) is 47.3. The van der Waals surface area contributed by atoms with Crippen molar-refractivity contribution in [2.75, 3.05) is 13.1 Å². The van der Waals surface area contributed by atoms with E-state index in [1.54, 1.807) is 66.9 Å². The average molecular weight is 897 g/mol. The van der Waals surface area contributed by atoms with Gasteiger partial charge in [-0.2, -0.15) is 0 Å². The smallest absolute Gasteiger partial charge is 0.326 e. The number of aromatic nitrogens is 1. The average Bonchev–Trinajstić information content (AvgIpc) is 3.69. The molecule has 0 unspecified atom stereocenters. The van der Waals surface area contributed by atoms with E-state index < -0.39 is 84.1 Å². The number of H-pyrrole nitrogens is 1. The Kier molecular flexibility index (Phi) is 19.9. The minimum atomic E-state index is -1.68. The monoisotopic (exact) mass is 896 g/mol. The quantitative estimate of drug-likeness (QED) is 0.0197. The number of carbonyl (C=O) groups excluding carboxylic acids is 6. The Bertz CT molecular complexity index is 2250. The number of carboxylic acids is 1. The van der Waals surface area contributed by atoms with Gasteiger partial charge in [0.1, 0.15) is 30.2 Å². The molecule has 0 saturated carbocycles. The SMILES string of the molecule is NCCCC[C@H](N)C(=O)N[C@@H](CCCN=C(N)N)C(=O)N[C@@H](Cc1c[nH]c2ccccc12)C(=O)N[C@@H](Cc1ccccc1)C(=O)N[C@@H](Cc1ccccc1)C(=O)N[C@@H](CC(N)=O)C(=O)O. The number of amides is 6. The van der Waals surface area contributed by atoms with Gasteiger partial charge in [0.25, 0.3) is 0 Å². The molecule has 0 saturated heterocycles. The molecule has 1 heterocycles. The Morgan fingerprint density at radius 1 is 0.585 bits per heavy atom. The Hall–Kier alpha value is -7.32. The van der Waals surface area contributed by atoms with Crippen LogP contribution in [-0.2, 0) is 52.8 Å². The molecule has 0 aliphatic rings. The van der Waals surface area contributed by atoms with Gasteiger partial charge in [-0.05, 0) is 55.0 Å². The summed E-state index contributed by atoms with van der Waals surface area (Å²) in [5.74, 6) is -6.45. The summed E-state index contributed by atoms with van der Waals surface area (Å²) in [7, 11) is 0. The van der Waals surface area contributed by atoms with E-state index >= 15 is 0 Å². The van der Waals surface area contributed by atoms with Gasteiger partial charge in [-0.15, -0.1) is 0 Å². The van der Waals surface area contributed by atoms with Gasteiger partial charge < -0.3 is 65.3 Å². The number of fused-ring (bicyclic) bond motifs is 1. The van der Waals surface area contributed by atoms with Gasteiger partial charge in [0.05, 0.1) is 12.5 Å². The lowest BCUT2D eigenvalue weighted by Crippen LogP contribution is -2.60. The van der Waals surface area contributed by atoms with E-state index in [4.69, 9.17) is 28.7 Å². The van der Waals surface area contributed by atoms with Crippen LogP contribution < -0.4 is 55.3 Å². The molecule has 4 rings (SSSR count). The number of nitrogens with two attached hydrogens (primary N) is 5. The molecule has 6 amide bonds. The number of benzene rings is 3. The molecule has 20 heteroatoms. The van der Waals surface area contributed by atoms with Gasteiger partial charge in [-0.25, -0.2) is 4.79 Å². The molecule has 0 bridgehead atoms. The molecule has 17 N–H and O–H groups in total. The number of aliphatic imine (C=N–C) groups is 1. The summed E-state index contributed by atoms with van der Waals surface area (Å²) in [4.78, 5) is 101. The summed E-state index contributed by atoms with van der Waals surface area (Å²) >= 11 is 0. The Morgan fingerprint density at radius 3 is 1.60 bits per heavy atom. The summed E-state index contributed by atoms with van der Waals surface area (Å²) in [6.45, 7) is 0.568. The summed E-state index contributed by atoms with van der Waals surface area (Å²) in [6, 6.07) is 16.8. The Morgan fingerprint density at radius 2 is 1.08 bits per heavy atom. The number of hydrogen-bond donors (Lipinski definition) is 12. The second kappa shape index (κ2) is 25.7. The minimum Gasteiger partial charge on any atom is -0.480 e. The zero-order valence-electron chi connectivity index (χ0n) is 36.0. The maximum Gasteiger partial charge on any atom is 0.326 e. The fourth-order valence-corrected chi connectivity index (χ4v) is 7.03. The summed E-state index contributed by atoms with van der Waals surface area (Å²) < 4.78 is 0. The molecular weight excluding hydrogens is 837 g/mol. The van der Waals surface area contributed by atoms with E-state index in [0.717, 1.165) is 10.9 Å². The van der Waals surface area contributed by atoms with Gasteiger partial charge >= 0.3 is 5.97 Å². The molecule has 0 radical (unpaired) electrons. The largest absolute Gasteiger partial charge is 0.480 e. The number of rotatable bonds is 27. The van der Waals surface area contributed by atoms with Gasteiger partial charge in [-0.3, -0.25) is 33.8 Å². The van der Waals surface area contributed by atoms with Crippen molar-refractivity contribution in [2.24, 2.45) is 33.7 Å². The van der Waals surface area contributed by atoms with Crippen molar-refractivity contribution in [1.82, 2.24) is 31.6 Å². The molecular formula is C45H60N12O8. The van der Waals surface area contributed by atoms with E-state index in [9.17, 15) is 38.7 Å². The summed E-state index contributed by atoms with van der Waals surface area (Å²) in [5, 5.41) is 23.8. The van der Waals surface area contributed by atoms with Crippen LogP contribution in [-0.4, -0.2) is 107 Å². The predicted octanol–water partition coefficient (Wildman–Crippen LogP) is -0.910. The van der Waals surface area contributed by atoms with E-state index in [1.807, 2.05) is 24.3 Å². The first-order chi connectivity index (χ1) is 31.1. The van der Waals surface area contributed by atoms with Crippen molar-refractivity contribution in [1.29, 1.82) is 0 Å². The molecule has 20 nitrogen and oxygen atoms in total. The highest BCUT2D eigenvalue weighted by Gasteiger charge is 2.34. The molecule has 0 spiro atoms. The second-order valence-electron chi connectivity index (χ2n) is 15.6. The van der Waals surface area contributed by atoms with Crippen molar-refractivity contribution in [3.63, 3.8) is 0 Å². The van der Waals surface area contributed by atoms with Crippen molar-refractivity contribution in [3.8, 4) is 0 Å². The van der Waals surface area contributed by atoms with Crippen molar-refractivity contribution >= 4 is 58.3 Å². The number of hydrogen-bond acceptors (Lipinski definition) is 10. The third-order valence-corrected chi connectivity index (χ3v) is 10.5. The van der Waals surface area contributed by atoms with Gasteiger partial charge in [0.2, 0.25) is 35.4 Å².